The van der Waals surface area contributed by atoms with E-state index in [1.165, 1.54) is 12.8 Å². The van der Waals surface area contributed by atoms with Crippen molar-refractivity contribution in [3.05, 3.63) is 28.8 Å². The molecule has 1 aromatic carbocycles. The number of hydrogen-bond donors (Lipinski definition) is 1. The molecule has 0 saturated carbocycles. The molecule has 1 N–H and O–H groups in total. The summed E-state index contributed by atoms with van der Waals surface area (Å²) in [6, 6.07) is 5.30. The molecule has 2 aliphatic heterocycles. The molecule has 5 nitrogen and oxygen atoms in total. The van der Waals surface area contributed by atoms with Gasteiger partial charge in [0.2, 0.25) is 0 Å². The number of carbonyl (C=O) groups is 1. The lowest BCUT2D eigenvalue weighted by molar-refractivity contribution is 0.0612. The molecule has 1 amide bonds. The largest absolute Gasteiger partial charge is 0.496 e. The number of methoxy groups -OCH3 is 1. The van der Waals surface area contributed by atoms with Gasteiger partial charge in [-0.2, -0.15) is 0 Å². The zero-order valence-electron chi connectivity index (χ0n) is 14.1. The van der Waals surface area contributed by atoms with Gasteiger partial charge in [0.15, 0.2) is 0 Å². The van der Waals surface area contributed by atoms with E-state index in [0.29, 0.717) is 22.4 Å². The standard InChI is InChI=1S/C18H25ClN2O3/c1-23-17-11-13(19)4-5-16(17)18(22)20-14-6-8-21(9-7-14)12-15-3-2-10-24-15/h4-5,11,14-15H,2-3,6-10,12H2,1H3,(H,20,22)/t15-/m1/s1. The molecule has 0 bridgehead atoms. The summed E-state index contributed by atoms with van der Waals surface area (Å²) >= 11 is 5.95. The topological polar surface area (TPSA) is 50.8 Å². The fourth-order valence-corrected chi connectivity index (χ4v) is 3.61. The van der Waals surface area contributed by atoms with Crippen molar-refractivity contribution in [3.63, 3.8) is 0 Å². The van der Waals surface area contributed by atoms with Crippen molar-refractivity contribution in [1.82, 2.24) is 10.2 Å². The second-order valence-electron chi connectivity index (χ2n) is 6.53. The third kappa shape index (κ3) is 4.41. The maximum absolute atomic E-state index is 12.5. The lowest BCUT2D eigenvalue weighted by Gasteiger charge is -2.33. The predicted molar refractivity (Wildman–Crippen MR) is 93.9 cm³/mol. The van der Waals surface area contributed by atoms with Crippen molar-refractivity contribution in [2.45, 2.75) is 37.8 Å². The van der Waals surface area contributed by atoms with Crippen LogP contribution in [0.5, 0.6) is 5.75 Å². The molecule has 24 heavy (non-hydrogen) atoms. The second-order valence-corrected chi connectivity index (χ2v) is 6.96. The number of nitrogens with one attached hydrogen (secondary N) is 1. The fraction of sp³-hybridized carbons (Fsp3) is 0.611. The highest BCUT2D eigenvalue weighted by atomic mass is 35.5. The number of hydrogen-bond acceptors (Lipinski definition) is 4. The molecule has 0 unspecified atom stereocenters. The molecule has 0 spiro atoms. The van der Waals surface area contributed by atoms with Gasteiger partial charge in [-0.3, -0.25) is 4.79 Å². The van der Waals surface area contributed by atoms with Gasteiger partial charge >= 0.3 is 0 Å². The summed E-state index contributed by atoms with van der Waals surface area (Å²) in [5, 5.41) is 3.68. The highest BCUT2D eigenvalue weighted by Crippen LogP contribution is 2.24. The van der Waals surface area contributed by atoms with E-state index in [9.17, 15) is 4.79 Å². The number of benzene rings is 1. The zero-order valence-corrected chi connectivity index (χ0v) is 14.8. The molecule has 0 aliphatic carbocycles. The van der Waals surface area contributed by atoms with E-state index in [-0.39, 0.29) is 11.9 Å². The van der Waals surface area contributed by atoms with Crippen LogP contribution in [-0.4, -0.2) is 56.3 Å². The van der Waals surface area contributed by atoms with E-state index in [1.54, 1.807) is 25.3 Å². The Labute approximate surface area is 148 Å². The van der Waals surface area contributed by atoms with Gasteiger partial charge in [-0.1, -0.05) is 11.6 Å². The third-order valence-corrected chi connectivity index (χ3v) is 5.05. The van der Waals surface area contributed by atoms with Crippen molar-refractivity contribution >= 4 is 17.5 Å². The number of likely N-dealkylation sites (tertiary alicyclic amines) is 1. The first-order valence-electron chi connectivity index (χ1n) is 8.64. The quantitative estimate of drug-likeness (QED) is 0.885. The minimum atomic E-state index is -0.0962. The zero-order chi connectivity index (χ0) is 16.9. The molecule has 2 aliphatic rings. The van der Waals surface area contributed by atoms with Crippen molar-refractivity contribution < 1.29 is 14.3 Å². The number of nitrogens with zero attached hydrogens (tertiary/aromatic N) is 1. The van der Waals surface area contributed by atoms with Crippen LogP contribution in [-0.2, 0) is 4.74 Å². The second kappa shape index (κ2) is 8.19. The van der Waals surface area contributed by atoms with Crippen LogP contribution in [0.1, 0.15) is 36.0 Å². The van der Waals surface area contributed by atoms with Crippen LogP contribution < -0.4 is 10.1 Å². The van der Waals surface area contributed by atoms with Gasteiger partial charge in [0, 0.05) is 37.3 Å². The maximum atomic E-state index is 12.5. The Kier molecular flexibility index (Phi) is 5.98. The maximum Gasteiger partial charge on any atom is 0.255 e. The summed E-state index contributed by atoms with van der Waals surface area (Å²) in [7, 11) is 1.55. The Bertz CT molecular complexity index is 567. The van der Waals surface area contributed by atoms with Crippen LogP contribution in [0, 0.1) is 0 Å². The number of rotatable bonds is 5. The van der Waals surface area contributed by atoms with Gasteiger partial charge in [-0.25, -0.2) is 0 Å². The number of piperidine rings is 1. The van der Waals surface area contributed by atoms with Crippen LogP contribution in [0.15, 0.2) is 18.2 Å². The normalized spacial score (nSPS) is 22.5. The molecule has 0 aromatic heterocycles. The van der Waals surface area contributed by atoms with Gasteiger partial charge in [0.25, 0.3) is 5.91 Å². The molecule has 6 heteroatoms. The van der Waals surface area contributed by atoms with E-state index < -0.39 is 0 Å². The summed E-state index contributed by atoms with van der Waals surface area (Å²) in [5.41, 5.74) is 0.531. The van der Waals surface area contributed by atoms with E-state index in [2.05, 4.69) is 10.2 Å². The Morgan fingerprint density at radius 2 is 2.17 bits per heavy atom. The molecule has 1 aromatic rings. The van der Waals surface area contributed by atoms with Crippen LogP contribution in [0.4, 0.5) is 0 Å². The van der Waals surface area contributed by atoms with E-state index in [0.717, 1.165) is 39.1 Å². The molecule has 0 radical (unpaired) electrons. The Morgan fingerprint density at radius 1 is 1.38 bits per heavy atom. The predicted octanol–water partition coefficient (Wildman–Crippen LogP) is 2.72. The van der Waals surface area contributed by atoms with E-state index in [4.69, 9.17) is 21.1 Å². The average molecular weight is 353 g/mol. The van der Waals surface area contributed by atoms with Crippen molar-refractivity contribution in [2.75, 3.05) is 33.4 Å². The molecule has 2 saturated heterocycles. The number of amides is 1. The molecule has 2 fully saturated rings. The number of carbonyl (C=O) groups excluding carboxylic acids is 1. The van der Waals surface area contributed by atoms with Gasteiger partial charge in [-0.15, -0.1) is 0 Å². The first kappa shape index (κ1) is 17.5. The monoisotopic (exact) mass is 352 g/mol. The average Bonchev–Trinajstić information content (AvgIpc) is 3.09. The fourth-order valence-electron chi connectivity index (χ4n) is 3.45. The molecular weight excluding hydrogens is 328 g/mol. The summed E-state index contributed by atoms with van der Waals surface area (Å²) in [5.74, 6) is 0.414. The smallest absolute Gasteiger partial charge is 0.255 e. The number of halogens is 1. The van der Waals surface area contributed by atoms with Crippen molar-refractivity contribution in [1.29, 1.82) is 0 Å². The molecule has 132 valence electrons. The molecule has 2 heterocycles. The van der Waals surface area contributed by atoms with Gasteiger partial charge in [0.05, 0.1) is 18.8 Å². The lowest BCUT2D eigenvalue weighted by Crippen LogP contribution is -2.46. The van der Waals surface area contributed by atoms with E-state index >= 15 is 0 Å². The number of ether oxygens (including phenoxy) is 2. The van der Waals surface area contributed by atoms with Crippen LogP contribution in [0.3, 0.4) is 0 Å². The third-order valence-electron chi connectivity index (χ3n) is 4.82. The minimum absolute atomic E-state index is 0.0962. The Morgan fingerprint density at radius 3 is 2.83 bits per heavy atom. The van der Waals surface area contributed by atoms with Crippen molar-refractivity contribution in [2.24, 2.45) is 0 Å². The SMILES string of the molecule is COc1cc(Cl)ccc1C(=O)NC1CCN(C[C@H]2CCCO2)CC1. The van der Waals surface area contributed by atoms with Gasteiger partial charge in [0.1, 0.15) is 5.75 Å². The summed E-state index contributed by atoms with van der Waals surface area (Å²) in [6.07, 6.45) is 4.69. The first-order valence-corrected chi connectivity index (χ1v) is 9.02. The molecule has 3 rings (SSSR count). The molecular formula is C18H25ClN2O3. The molecule has 1 atom stereocenters. The lowest BCUT2D eigenvalue weighted by atomic mass is 10.0. The van der Waals surface area contributed by atoms with E-state index in [1.807, 2.05) is 0 Å². The minimum Gasteiger partial charge on any atom is -0.496 e. The summed E-state index contributed by atoms with van der Waals surface area (Å²) in [6.45, 7) is 3.93. The van der Waals surface area contributed by atoms with Crippen molar-refractivity contribution in [3.8, 4) is 5.75 Å². The Balaban J connectivity index is 1.49. The van der Waals surface area contributed by atoms with Gasteiger partial charge in [-0.05, 0) is 43.9 Å². The highest BCUT2D eigenvalue weighted by molar-refractivity contribution is 6.30. The summed E-state index contributed by atoms with van der Waals surface area (Å²) < 4.78 is 11.0. The first-order chi connectivity index (χ1) is 11.7. The van der Waals surface area contributed by atoms with Crippen LogP contribution in [0.25, 0.3) is 0 Å². The highest BCUT2D eigenvalue weighted by Gasteiger charge is 2.25. The Hall–Kier alpha value is -1.30. The summed E-state index contributed by atoms with van der Waals surface area (Å²) in [4.78, 5) is 14.9. The van der Waals surface area contributed by atoms with Crippen LogP contribution in [0.2, 0.25) is 5.02 Å². The van der Waals surface area contributed by atoms with Crippen LogP contribution >= 0.6 is 11.6 Å². The van der Waals surface area contributed by atoms with Gasteiger partial charge < -0.3 is 19.7 Å².